The quantitative estimate of drug-likeness (QED) is 0.154. The Hall–Kier alpha value is -7.48. The first kappa shape index (κ1) is 32.9. The van der Waals surface area contributed by atoms with E-state index in [1.165, 1.54) is 87.2 Å². The number of hydrogen-bond acceptors (Lipinski definition) is 1. The first-order valence-corrected chi connectivity index (χ1v) is 19.7. The minimum absolute atomic E-state index is 1.09. The molecule has 0 atom stereocenters. The highest BCUT2D eigenvalue weighted by Gasteiger charge is 2.24. The topological polar surface area (TPSA) is 3.24 Å². The van der Waals surface area contributed by atoms with Crippen molar-refractivity contribution in [3.8, 4) is 33.4 Å². The van der Waals surface area contributed by atoms with Crippen molar-refractivity contribution in [3.63, 3.8) is 0 Å². The lowest BCUT2D eigenvalue weighted by molar-refractivity contribution is 1.29. The van der Waals surface area contributed by atoms with E-state index < -0.39 is 0 Å². The van der Waals surface area contributed by atoms with Gasteiger partial charge in [-0.1, -0.05) is 182 Å². The maximum Gasteiger partial charge on any atom is 0.0546 e. The molecule has 0 spiro atoms. The fraction of sp³-hybridized carbons (Fsp3) is 0. The molecule has 11 aromatic carbocycles. The van der Waals surface area contributed by atoms with Crippen LogP contribution in [0.25, 0.3) is 87.2 Å². The first-order valence-electron chi connectivity index (χ1n) is 19.7. The van der Waals surface area contributed by atoms with E-state index in [1.54, 1.807) is 0 Å². The van der Waals surface area contributed by atoms with Crippen LogP contribution in [0.1, 0.15) is 0 Å². The van der Waals surface area contributed by atoms with Crippen LogP contribution in [0.5, 0.6) is 0 Å². The fourth-order valence-corrected chi connectivity index (χ4v) is 8.95. The standard InChI is InChI=1S/C56H37N/c1-2-15-38(16-3-1)40-29-32-44(33-30-40)57(45-34-31-39-17-4-5-18-41(39)35-45)55-28-14-27-52(53-36-42-19-6-8-21-46(42)48-23-10-12-25-50(48)53)56(55)54-37-43-20-7-9-22-47(43)49-24-11-13-26-51(49)54/h1-37H. The number of benzene rings is 11. The predicted octanol–water partition coefficient (Wildman–Crippen LogP) is 15.9. The van der Waals surface area contributed by atoms with Gasteiger partial charge in [0.15, 0.2) is 0 Å². The summed E-state index contributed by atoms with van der Waals surface area (Å²) in [6.45, 7) is 0. The van der Waals surface area contributed by atoms with E-state index in [0.717, 1.165) is 17.1 Å². The van der Waals surface area contributed by atoms with Gasteiger partial charge >= 0.3 is 0 Å². The fourth-order valence-electron chi connectivity index (χ4n) is 8.95. The molecule has 0 unspecified atom stereocenters. The summed E-state index contributed by atoms with van der Waals surface area (Å²) in [5, 5.41) is 12.4. The molecule has 266 valence electrons. The van der Waals surface area contributed by atoms with E-state index in [0.29, 0.717) is 0 Å². The molecule has 0 aliphatic carbocycles. The Morgan fingerprint density at radius 3 is 1.40 bits per heavy atom. The summed E-state index contributed by atoms with van der Waals surface area (Å²) in [5.41, 5.74) is 10.5. The number of anilines is 3. The van der Waals surface area contributed by atoms with Gasteiger partial charge in [0, 0.05) is 16.9 Å². The minimum atomic E-state index is 1.09. The molecule has 0 radical (unpaired) electrons. The summed E-state index contributed by atoms with van der Waals surface area (Å²) in [5.74, 6) is 0. The van der Waals surface area contributed by atoms with Gasteiger partial charge in [0.05, 0.1) is 5.69 Å². The molecule has 1 heteroatoms. The number of nitrogens with zero attached hydrogens (tertiary/aromatic N) is 1. The molecule has 0 N–H and O–H groups in total. The second kappa shape index (κ2) is 13.7. The van der Waals surface area contributed by atoms with Crippen LogP contribution in [0.15, 0.2) is 224 Å². The van der Waals surface area contributed by atoms with Crippen molar-refractivity contribution in [1.82, 2.24) is 0 Å². The van der Waals surface area contributed by atoms with Crippen molar-refractivity contribution in [2.45, 2.75) is 0 Å². The van der Waals surface area contributed by atoms with Crippen LogP contribution in [0, 0.1) is 0 Å². The molecule has 0 amide bonds. The molecule has 57 heavy (non-hydrogen) atoms. The largest absolute Gasteiger partial charge is 0.310 e. The molecule has 0 aromatic heterocycles. The van der Waals surface area contributed by atoms with Crippen LogP contribution in [0.4, 0.5) is 17.1 Å². The molecule has 0 bridgehead atoms. The summed E-state index contributed by atoms with van der Waals surface area (Å²) in [7, 11) is 0. The Bertz CT molecular complexity index is 3290. The highest BCUT2D eigenvalue weighted by molar-refractivity contribution is 6.19. The van der Waals surface area contributed by atoms with Gasteiger partial charge in [0.25, 0.3) is 0 Å². The van der Waals surface area contributed by atoms with Crippen LogP contribution in [-0.4, -0.2) is 0 Å². The van der Waals surface area contributed by atoms with Gasteiger partial charge in [-0.25, -0.2) is 0 Å². The van der Waals surface area contributed by atoms with Gasteiger partial charge in [-0.05, 0) is 124 Å². The number of hydrogen-bond donors (Lipinski definition) is 0. The van der Waals surface area contributed by atoms with Crippen LogP contribution in [0.3, 0.4) is 0 Å². The van der Waals surface area contributed by atoms with Crippen molar-refractivity contribution in [3.05, 3.63) is 224 Å². The molecule has 0 heterocycles. The van der Waals surface area contributed by atoms with Gasteiger partial charge in [-0.3, -0.25) is 0 Å². The van der Waals surface area contributed by atoms with E-state index >= 15 is 0 Å². The van der Waals surface area contributed by atoms with Gasteiger partial charge in [-0.2, -0.15) is 0 Å². The molecule has 11 aromatic rings. The Morgan fingerprint density at radius 1 is 0.246 bits per heavy atom. The van der Waals surface area contributed by atoms with E-state index in [-0.39, 0.29) is 0 Å². The zero-order chi connectivity index (χ0) is 37.7. The monoisotopic (exact) mass is 723 g/mol. The van der Waals surface area contributed by atoms with Gasteiger partial charge in [0.2, 0.25) is 0 Å². The van der Waals surface area contributed by atoms with E-state index in [1.807, 2.05) is 0 Å². The average Bonchev–Trinajstić information content (AvgIpc) is 3.29. The number of rotatable bonds is 6. The molecule has 0 aliphatic heterocycles. The SMILES string of the molecule is c1ccc(-c2ccc(N(c3ccc4ccccc4c3)c3cccc(-c4cc5ccccc5c5ccccc45)c3-c3cc4ccccc4c4ccccc34)cc2)cc1. The van der Waals surface area contributed by atoms with Crippen LogP contribution >= 0.6 is 0 Å². The molecule has 11 rings (SSSR count). The maximum absolute atomic E-state index is 2.47. The lowest BCUT2D eigenvalue weighted by Gasteiger charge is -2.30. The summed E-state index contributed by atoms with van der Waals surface area (Å²) in [6.07, 6.45) is 0. The van der Waals surface area contributed by atoms with Crippen LogP contribution in [-0.2, 0) is 0 Å². The van der Waals surface area contributed by atoms with Gasteiger partial charge < -0.3 is 4.90 Å². The summed E-state index contributed by atoms with van der Waals surface area (Å²) in [6, 6.07) is 82.3. The Morgan fingerprint density at radius 2 is 0.737 bits per heavy atom. The van der Waals surface area contributed by atoms with Crippen molar-refractivity contribution in [1.29, 1.82) is 0 Å². The second-order valence-electron chi connectivity index (χ2n) is 14.9. The average molecular weight is 724 g/mol. The Kier molecular flexibility index (Phi) is 7.89. The zero-order valence-electron chi connectivity index (χ0n) is 31.3. The molecular weight excluding hydrogens is 687 g/mol. The van der Waals surface area contributed by atoms with Gasteiger partial charge in [0.1, 0.15) is 0 Å². The maximum atomic E-state index is 2.47. The molecule has 0 saturated carbocycles. The van der Waals surface area contributed by atoms with Crippen LogP contribution < -0.4 is 4.90 Å². The predicted molar refractivity (Wildman–Crippen MR) is 245 cm³/mol. The summed E-state index contributed by atoms with van der Waals surface area (Å²) in [4.78, 5) is 2.47. The van der Waals surface area contributed by atoms with E-state index in [9.17, 15) is 0 Å². The summed E-state index contributed by atoms with van der Waals surface area (Å²) >= 11 is 0. The normalized spacial score (nSPS) is 11.5. The molecule has 0 fully saturated rings. The lowest BCUT2D eigenvalue weighted by Crippen LogP contribution is -2.12. The molecule has 0 aliphatic rings. The molecule has 0 saturated heterocycles. The zero-order valence-corrected chi connectivity index (χ0v) is 31.3. The summed E-state index contributed by atoms with van der Waals surface area (Å²) < 4.78 is 0. The molecule has 1 nitrogen and oxygen atoms in total. The third-order valence-electron chi connectivity index (χ3n) is 11.6. The third-order valence-corrected chi connectivity index (χ3v) is 11.6. The van der Waals surface area contributed by atoms with Crippen molar-refractivity contribution < 1.29 is 0 Å². The van der Waals surface area contributed by atoms with Gasteiger partial charge in [-0.15, -0.1) is 0 Å². The number of fused-ring (bicyclic) bond motifs is 7. The van der Waals surface area contributed by atoms with Crippen LogP contribution in [0.2, 0.25) is 0 Å². The Labute approximate surface area is 332 Å². The minimum Gasteiger partial charge on any atom is -0.310 e. The lowest BCUT2D eigenvalue weighted by atomic mass is 9.85. The highest BCUT2D eigenvalue weighted by Crippen LogP contribution is 2.50. The van der Waals surface area contributed by atoms with Crippen molar-refractivity contribution in [2.24, 2.45) is 0 Å². The van der Waals surface area contributed by atoms with E-state index in [4.69, 9.17) is 0 Å². The Balaban J connectivity index is 1.27. The molecular formula is C56H37N. The third kappa shape index (κ3) is 5.63. The van der Waals surface area contributed by atoms with Crippen molar-refractivity contribution in [2.75, 3.05) is 4.90 Å². The smallest absolute Gasteiger partial charge is 0.0546 e. The van der Waals surface area contributed by atoms with E-state index in [2.05, 4.69) is 229 Å². The first-order chi connectivity index (χ1) is 28.3. The highest BCUT2D eigenvalue weighted by atomic mass is 15.1. The second-order valence-corrected chi connectivity index (χ2v) is 14.9. The van der Waals surface area contributed by atoms with Crippen molar-refractivity contribution >= 4 is 70.9 Å².